The molecule has 1 saturated heterocycles. The second-order valence-corrected chi connectivity index (χ2v) is 6.21. The summed E-state index contributed by atoms with van der Waals surface area (Å²) in [7, 11) is -2.86. The van der Waals surface area contributed by atoms with Crippen molar-refractivity contribution in [1.82, 2.24) is 0 Å². The first-order chi connectivity index (χ1) is 5.45. The first-order valence-corrected chi connectivity index (χ1v) is 6.14. The van der Waals surface area contributed by atoms with Crippen molar-refractivity contribution in [1.29, 1.82) is 0 Å². The van der Waals surface area contributed by atoms with Crippen LogP contribution in [0.5, 0.6) is 0 Å². The topological polar surface area (TPSA) is 60.2 Å². The van der Waals surface area contributed by atoms with E-state index in [-0.39, 0.29) is 17.2 Å². The zero-order valence-corrected chi connectivity index (χ0v) is 8.47. The van der Waals surface area contributed by atoms with Gasteiger partial charge in [0.2, 0.25) is 0 Å². The smallest absolute Gasteiger partial charge is 0.154 e. The van der Waals surface area contributed by atoms with Gasteiger partial charge in [-0.05, 0) is 18.8 Å². The number of hydrogen-bond donors (Lipinski definition) is 1. The van der Waals surface area contributed by atoms with E-state index >= 15 is 0 Å². The molecule has 1 aliphatic heterocycles. The van der Waals surface area contributed by atoms with Crippen LogP contribution in [0, 0.1) is 5.92 Å². The molecule has 0 saturated carbocycles. The van der Waals surface area contributed by atoms with Crippen molar-refractivity contribution >= 4 is 9.84 Å². The molecular weight excluding hydrogens is 174 g/mol. The Labute approximate surface area is 74.3 Å². The quantitative estimate of drug-likeness (QED) is 0.693. The Morgan fingerprint density at radius 1 is 1.42 bits per heavy atom. The fraction of sp³-hybridized carbons (Fsp3) is 1.00. The number of hydrogen-bond acceptors (Lipinski definition) is 3. The lowest BCUT2D eigenvalue weighted by Crippen LogP contribution is -2.41. The van der Waals surface area contributed by atoms with Gasteiger partial charge in [0, 0.05) is 6.04 Å². The molecule has 72 valence electrons. The Bertz CT molecular complexity index is 246. The van der Waals surface area contributed by atoms with Crippen LogP contribution >= 0.6 is 0 Å². The van der Waals surface area contributed by atoms with Gasteiger partial charge in [-0.3, -0.25) is 0 Å². The fourth-order valence-corrected chi connectivity index (χ4v) is 3.87. The third-order valence-electron chi connectivity index (χ3n) is 2.58. The monoisotopic (exact) mass is 191 g/mol. The van der Waals surface area contributed by atoms with E-state index in [1.165, 1.54) is 0 Å². The molecule has 2 atom stereocenters. The van der Waals surface area contributed by atoms with Crippen molar-refractivity contribution in [3.05, 3.63) is 0 Å². The molecule has 0 aliphatic carbocycles. The zero-order valence-electron chi connectivity index (χ0n) is 7.66. The first kappa shape index (κ1) is 9.99. The molecule has 1 aliphatic rings. The maximum absolute atomic E-state index is 11.4. The van der Waals surface area contributed by atoms with Crippen molar-refractivity contribution in [2.24, 2.45) is 11.7 Å². The van der Waals surface area contributed by atoms with E-state index in [9.17, 15) is 8.42 Å². The summed E-state index contributed by atoms with van der Waals surface area (Å²) < 4.78 is 22.9. The van der Waals surface area contributed by atoms with E-state index in [2.05, 4.69) is 0 Å². The Morgan fingerprint density at radius 2 is 2.00 bits per heavy atom. The molecule has 0 aromatic heterocycles. The van der Waals surface area contributed by atoms with Gasteiger partial charge in [0.15, 0.2) is 9.84 Å². The maximum Gasteiger partial charge on any atom is 0.154 e. The second kappa shape index (κ2) is 3.34. The number of rotatable bonds is 2. The molecule has 3 nitrogen and oxygen atoms in total. The standard InChI is InChI=1S/C8H17NO2S/c1-6(2)8(9)7-4-3-5-12(7,10)11/h6-8H,3-5,9H2,1-2H3/t7-,8-/m0/s1. The summed E-state index contributed by atoms with van der Waals surface area (Å²) in [5, 5.41) is -0.280. The number of nitrogens with two attached hydrogens (primary N) is 1. The van der Waals surface area contributed by atoms with Crippen molar-refractivity contribution < 1.29 is 8.42 Å². The summed E-state index contributed by atoms with van der Waals surface area (Å²) in [6.45, 7) is 3.94. The van der Waals surface area contributed by atoms with Crippen LogP contribution < -0.4 is 5.73 Å². The van der Waals surface area contributed by atoms with Gasteiger partial charge in [-0.2, -0.15) is 0 Å². The van der Waals surface area contributed by atoms with E-state index < -0.39 is 9.84 Å². The summed E-state index contributed by atoms with van der Waals surface area (Å²) in [4.78, 5) is 0. The highest BCUT2D eigenvalue weighted by Crippen LogP contribution is 2.24. The molecule has 4 heteroatoms. The molecule has 2 N–H and O–H groups in total. The molecule has 0 unspecified atom stereocenters. The van der Waals surface area contributed by atoms with Gasteiger partial charge in [-0.25, -0.2) is 8.42 Å². The molecule has 0 radical (unpaired) electrons. The normalized spacial score (nSPS) is 30.8. The Kier molecular flexibility index (Phi) is 2.78. The minimum Gasteiger partial charge on any atom is -0.326 e. The predicted octanol–water partition coefficient (Wildman–Crippen LogP) is 0.547. The summed E-state index contributed by atoms with van der Waals surface area (Å²) in [6.07, 6.45) is 1.54. The summed E-state index contributed by atoms with van der Waals surface area (Å²) in [5.74, 6) is 0.584. The van der Waals surface area contributed by atoms with Crippen LogP contribution in [0.15, 0.2) is 0 Å². The lowest BCUT2D eigenvalue weighted by molar-refractivity contribution is 0.455. The molecule has 12 heavy (non-hydrogen) atoms. The van der Waals surface area contributed by atoms with Crippen LogP contribution in [0.3, 0.4) is 0 Å². The summed E-state index contributed by atoms with van der Waals surface area (Å²) >= 11 is 0. The molecule has 0 aromatic rings. The molecule has 0 amide bonds. The van der Waals surface area contributed by atoms with E-state index in [0.29, 0.717) is 5.75 Å². The molecule has 1 heterocycles. The van der Waals surface area contributed by atoms with E-state index in [4.69, 9.17) is 5.73 Å². The van der Waals surface area contributed by atoms with Crippen LogP contribution in [0.4, 0.5) is 0 Å². The Balaban J connectivity index is 2.76. The SMILES string of the molecule is CC(C)[C@H](N)[C@@H]1CCCS1(=O)=O. The second-order valence-electron chi connectivity index (χ2n) is 3.87. The van der Waals surface area contributed by atoms with Crippen molar-refractivity contribution in [3.63, 3.8) is 0 Å². The maximum atomic E-state index is 11.4. The lowest BCUT2D eigenvalue weighted by Gasteiger charge is -2.21. The third kappa shape index (κ3) is 1.80. The minimum absolute atomic E-state index is 0.183. The predicted molar refractivity (Wildman–Crippen MR) is 49.6 cm³/mol. The molecule has 0 bridgehead atoms. The van der Waals surface area contributed by atoms with Crippen molar-refractivity contribution in [2.45, 2.75) is 38.0 Å². The largest absolute Gasteiger partial charge is 0.326 e. The third-order valence-corrected chi connectivity index (χ3v) is 4.91. The lowest BCUT2D eigenvalue weighted by atomic mass is 9.99. The highest BCUT2D eigenvalue weighted by atomic mass is 32.2. The van der Waals surface area contributed by atoms with E-state index in [1.807, 2.05) is 13.8 Å². The average Bonchev–Trinajstić information content (AvgIpc) is 2.27. The minimum atomic E-state index is -2.86. The van der Waals surface area contributed by atoms with E-state index in [1.54, 1.807) is 0 Å². The molecule has 0 spiro atoms. The zero-order chi connectivity index (χ0) is 9.35. The van der Waals surface area contributed by atoms with Gasteiger partial charge in [-0.15, -0.1) is 0 Å². The van der Waals surface area contributed by atoms with Crippen LogP contribution in [-0.2, 0) is 9.84 Å². The van der Waals surface area contributed by atoms with Gasteiger partial charge >= 0.3 is 0 Å². The molecular formula is C8H17NO2S. The Morgan fingerprint density at radius 3 is 2.33 bits per heavy atom. The summed E-state index contributed by atoms with van der Waals surface area (Å²) in [6, 6.07) is -0.183. The molecule has 1 rings (SSSR count). The average molecular weight is 191 g/mol. The Hall–Kier alpha value is -0.0900. The summed E-state index contributed by atoms with van der Waals surface area (Å²) in [5.41, 5.74) is 5.82. The van der Waals surface area contributed by atoms with E-state index in [0.717, 1.165) is 12.8 Å². The van der Waals surface area contributed by atoms with Crippen LogP contribution in [0.1, 0.15) is 26.7 Å². The fourth-order valence-electron chi connectivity index (χ4n) is 1.68. The molecule has 1 fully saturated rings. The highest BCUT2D eigenvalue weighted by Gasteiger charge is 2.36. The molecule has 0 aromatic carbocycles. The van der Waals surface area contributed by atoms with Crippen LogP contribution in [-0.4, -0.2) is 25.5 Å². The van der Waals surface area contributed by atoms with Gasteiger partial charge in [-0.1, -0.05) is 13.8 Å². The first-order valence-electron chi connectivity index (χ1n) is 4.42. The van der Waals surface area contributed by atoms with Crippen molar-refractivity contribution in [3.8, 4) is 0 Å². The van der Waals surface area contributed by atoms with Gasteiger partial charge in [0.1, 0.15) is 0 Å². The van der Waals surface area contributed by atoms with Gasteiger partial charge in [0.25, 0.3) is 0 Å². The highest BCUT2D eigenvalue weighted by molar-refractivity contribution is 7.92. The van der Waals surface area contributed by atoms with Crippen molar-refractivity contribution in [2.75, 3.05) is 5.75 Å². The van der Waals surface area contributed by atoms with Crippen LogP contribution in [0.2, 0.25) is 0 Å². The van der Waals surface area contributed by atoms with Gasteiger partial charge < -0.3 is 5.73 Å². The van der Waals surface area contributed by atoms with Crippen LogP contribution in [0.25, 0.3) is 0 Å². The number of sulfone groups is 1. The van der Waals surface area contributed by atoms with Gasteiger partial charge in [0.05, 0.1) is 11.0 Å².